The van der Waals surface area contributed by atoms with E-state index in [1.807, 2.05) is 4.98 Å². The van der Waals surface area contributed by atoms with Gasteiger partial charge in [0.2, 0.25) is 5.95 Å². The Morgan fingerprint density at radius 2 is 1.75 bits per heavy atom. The van der Waals surface area contributed by atoms with Gasteiger partial charge >= 0.3 is 5.69 Å². The van der Waals surface area contributed by atoms with Gasteiger partial charge in [0, 0.05) is 12.3 Å². The van der Waals surface area contributed by atoms with E-state index in [0.717, 1.165) is 16.8 Å². The van der Waals surface area contributed by atoms with Gasteiger partial charge in [-0.1, -0.05) is 0 Å². The van der Waals surface area contributed by atoms with Gasteiger partial charge in [-0.3, -0.25) is 28.7 Å². The van der Waals surface area contributed by atoms with Gasteiger partial charge < -0.3 is 40.4 Å². The van der Waals surface area contributed by atoms with Crippen LogP contribution in [0.4, 0.5) is 5.95 Å². The first-order valence-electron chi connectivity index (χ1n) is 10.8. The predicted octanol–water partition coefficient (Wildman–Crippen LogP) is -4.49. The van der Waals surface area contributed by atoms with Crippen LogP contribution >= 0.6 is 0 Å². The van der Waals surface area contributed by atoms with Crippen LogP contribution in [0.1, 0.15) is 12.5 Å². The summed E-state index contributed by atoms with van der Waals surface area (Å²) < 4.78 is 19.2. The van der Waals surface area contributed by atoms with Gasteiger partial charge in [0.1, 0.15) is 36.6 Å². The highest BCUT2D eigenvalue weighted by molar-refractivity contribution is 5.70. The maximum atomic E-state index is 12.1. The molecule has 17 nitrogen and oxygen atoms in total. The van der Waals surface area contributed by atoms with Crippen LogP contribution in [0.3, 0.4) is 0 Å². The Labute approximate surface area is 199 Å². The number of aliphatic hydroxyl groups is 4. The standard InChI is InChI=1S/C19H23N7O10/c20-18-23-14-9(15(32)24-18)21-5-26(14)17-12(31)13(6(3-27)35-17)34-4-7-10(29)11(30)16(36-7)25-2-1-8(28)22-19(25)33/h1-2,5-7,10-13,16-17,27,29-31H,3-4H2,(H,22,28,33)(H3,20,23,24,32)/t6-,7-,10-,11-,12-,13-,16-,17-/m1/s1. The van der Waals surface area contributed by atoms with Crippen LogP contribution < -0.4 is 22.5 Å². The van der Waals surface area contributed by atoms with Crippen molar-refractivity contribution in [3.63, 3.8) is 0 Å². The van der Waals surface area contributed by atoms with Gasteiger partial charge in [-0.05, 0) is 0 Å². The SMILES string of the molecule is Nc1nc2c(ncn2[C@@H]2O[C@H](CO)[C@@H](OC[C@H]3O[C@@H](n4ccc(=O)[nH]c4=O)[C@H](O)[C@@H]3O)[C@H]2O)c(=O)[nH]1. The third-order valence-corrected chi connectivity index (χ3v) is 6.13. The van der Waals surface area contributed by atoms with Gasteiger partial charge in [0.25, 0.3) is 11.1 Å². The molecule has 36 heavy (non-hydrogen) atoms. The number of imidazole rings is 1. The van der Waals surface area contributed by atoms with E-state index in [0.29, 0.717) is 0 Å². The molecule has 5 heterocycles. The fourth-order valence-electron chi connectivity index (χ4n) is 4.36. The highest BCUT2D eigenvalue weighted by Crippen LogP contribution is 2.34. The van der Waals surface area contributed by atoms with E-state index in [2.05, 4.69) is 15.0 Å². The first-order valence-corrected chi connectivity index (χ1v) is 10.8. The maximum absolute atomic E-state index is 12.1. The molecule has 2 saturated heterocycles. The summed E-state index contributed by atoms with van der Waals surface area (Å²) >= 11 is 0. The van der Waals surface area contributed by atoms with Crippen molar-refractivity contribution in [2.75, 3.05) is 18.9 Å². The number of anilines is 1. The van der Waals surface area contributed by atoms with Crippen molar-refractivity contribution in [2.45, 2.75) is 49.1 Å². The van der Waals surface area contributed by atoms with E-state index >= 15 is 0 Å². The summed E-state index contributed by atoms with van der Waals surface area (Å²) in [4.78, 5) is 47.7. The highest BCUT2D eigenvalue weighted by Gasteiger charge is 2.48. The lowest BCUT2D eigenvalue weighted by Crippen LogP contribution is -2.40. The number of nitrogen functional groups attached to an aromatic ring is 1. The molecule has 2 aliphatic heterocycles. The first-order chi connectivity index (χ1) is 17.2. The van der Waals surface area contributed by atoms with Gasteiger partial charge in [0.15, 0.2) is 23.6 Å². The molecule has 3 aromatic heterocycles. The number of nitrogens with one attached hydrogen (secondary N) is 2. The molecule has 2 aliphatic rings. The summed E-state index contributed by atoms with van der Waals surface area (Å²) in [6.45, 7) is -0.913. The summed E-state index contributed by atoms with van der Waals surface area (Å²) in [6, 6.07) is 1.06. The lowest BCUT2D eigenvalue weighted by atomic mass is 10.1. The minimum Gasteiger partial charge on any atom is -0.394 e. The molecule has 17 heteroatoms. The van der Waals surface area contributed by atoms with E-state index in [4.69, 9.17) is 19.9 Å². The van der Waals surface area contributed by atoms with E-state index in [-0.39, 0.29) is 23.7 Å². The quantitative estimate of drug-likeness (QED) is 0.166. The number of ether oxygens (including phenoxy) is 3. The molecule has 194 valence electrons. The third kappa shape index (κ3) is 4.01. The van der Waals surface area contributed by atoms with Gasteiger partial charge in [-0.25, -0.2) is 9.78 Å². The Kier molecular flexibility index (Phi) is 6.20. The monoisotopic (exact) mass is 509 g/mol. The molecule has 0 radical (unpaired) electrons. The number of nitrogens with zero attached hydrogens (tertiary/aromatic N) is 4. The van der Waals surface area contributed by atoms with Crippen molar-refractivity contribution in [3.8, 4) is 0 Å². The largest absolute Gasteiger partial charge is 0.394 e. The Morgan fingerprint density at radius 3 is 2.47 bits per heavy atom. The molecule has 0 aromatic carbocycles. The first kappa shape index (κ1) is 24.3. The Bertz CT molecular complexity index is 1430. The number of hydrogen-bond acceptors (Lipinski definition) is 13. The second-order valence-corrected chi connectivity index (χ2v) is 8.38. The number of nitrogens with two attached hydrogens (primary N) is 1. The molecule has 0 unspecified atom stereocenters. The number of hydrogen-bond donors (Lipinski definition) is 7. The van der Waals surface area contributed by atoms with E-state index in [1.165, 1.54) is 10.9 Å². The van der Waals surface area contributed by atoms with Crippen LogP contribution in [-0.4, -0.2) is 99.3 Å². The zero-order valence-corrected chi connectivity index (χ0v) is 18.4. The Balaban J connectivity index is 1.32. The average Bonchev–Trinajstić information content (AvgIpc) is 3.47. The number of rotatable bonds is 6. The average molecular weight is 509 g/mol. The van der Waals surface area contributed by atoms with Gasteiger partial charge in [-0.15, -0.1) is 0 Å². The highest BCUT2D eigenvalue weighted by atomic mass is 16.6. The Morgan fingerprint density at radius 1 is 1.03 bits per heavy atom. The van der Waals surface area contributed by atoms with E-state index in [9.17, 15) is 34.8 Å². The molecule has 0 bridgehead atoms. The predicted molar refractivity (Wildman–Crippen MR) is 117 cm³/mol. The summed E-state index contributed by atoms with van der Waals surface area (Å²) in [7, 11) is 0. The van der Waals surface area contributed by atoms with Crippen LogP contribution in [0.15, 0.2) is 33.0 Å². The van der Waals surface area contributed by atoms with Crippen molar-refractivity contribution in [3.05, 3.63) is 49.8 Å². The second kappa shape index (κ2) is 9.21. The summed E-state index contributed by atoms with van der Waals surface area (Å²) in [5.41, 5.74) is 3.54. The zero-order valence-electron chi connectivity index (χ0n) is 18.4. The molecule has 0 saturated carbocycles. The number of H-pyrrole nitrogens is 2. The molecule has 0 aliphatic carbocycles. The summed E-state index contributed by atoms with van der Waals surface area (Å²) in [6.07, 6.45) is -7.80. The molecule has 0 amide bonds. The fourth-order valence-corrected chi connectivity index (χ4v) is 4.36. The molecule has 8 N–H and O–H groups in total. The minimum atomic E-state index is -1.53. The summed E-state index contributed by atoms with van der Waals surface area (Å²) in [5, 5.41) is 41.5. The van der Waals surface area contributed by atoms with Crippen LogP contribution in [0.25, 0.3) is 11.2 Å². The number of aliphatic hydroxyl groups excluding tert-OH is 4. The molecule has 2 fully saturated rings. The maximum Gasteiger partial charge on any atom is 0.330 e. The number of aromatic amines is 2. The molecular weight excluding hydrogens is 486 g/mol. The molecule has 8 atom stereocenters. The molecular formula is C19H23N7O10. The Hall–Kier alpha value is -3.45. The third-order valence-electron chi connectivity index (χ3n) is 6.13. The lowest BCUT2D eigenvalue weighted by Gasteiger charge is -2.23. The van der Waals surface area contributed by atoms with Gasteiger partial charge in [-0.2, -0.15) is 4.98 Å². The van der Waals surface area contributed by atoms with E-state index in [1.54, 1.807) is 0 Å². The van der Waals surface area contributed by atoms with Crippen LogP contribution in [0.2, 0.25) is 0 Å². The molecule has 0 spiro atoms. The minimum absolute atomic E-state index is 0.0371. The van der Waals surface area contributed by atoms with Crippen molar-refractivity contribution in [1.82, 2.24) is 29.1 Å². The van der Waals surface area contributed by atoms with Gasteiger partial charge in [0.05, 0.1) is 19.5 Å². The van der Waals surface area contributed by atoms with Crippen LogP contribution in [0, 0.1) is 0 Å². The van der Waals surface area contributed by atoms with Crippen molar-refractivity contribution in [2.24, 2.45) is 0 Å². The van der Waals surface area contributed by atoms with E-state index < -0.39 is 72.5 Å². The fraction of sp³-hybridized carbons (Fsp3) is 0.526. The van der Waals surface area contributed by atoms with Crippen molar-refractivity contribution < 1.29 is 34.6 Å². The summed E-state index contributed by atoms with van der Waals surface area (Å²) in [5.74, 6) is -0.171. The van der Waals surface area contributed by atoms with Crippen molar-refractivity contribution in [1.29, 1.82) is 0 Å². The number of aromatic nitrogens is 6. The van der Waals surface area contributed by atoms with Crippen molar-refractivity contribution >= 4 is 17.1 Å². The molecule has 3 aromatic rings. The van der Waals surface area contributed by atoms with Crippen LogP contribution in [0.5, 0.6) is 0 Å². The lowest BCUT2D eigenvalue weighted by molar-refractivity contribution is -0.111. The van der Waals surface area contributed by atoms with Crippen LogP contribution in [-0.2, 0) is 14.2 Å². The normalized spacial score (nSPS) is 32.4. The molecule has 5 rings (SSSR count). The zero-order chi connectivity index (χ0) is 25.7. The second-order valence-electron chi connectivity index (χ2n) is 8.38. The smallest absolute Gasteiger partial charge is 0.330 e. The topological polar surface area (TPSA) is 253 Å². The number of fused-ring (bicyclic) bond motifs is 1.